The Balaban J connectivity index is 2.49. The Morgan fingerprint density at radius 2 is 2.07 bits per heavy atom. The van der Waals surface area contributed by atoms with Gasteiger partial charge in [0.05, 0.1) is 18.5 Å². The lowest BCUT2D eigenvalue weighted by Gasteiger charge is -2.05. The molecule has 0 amide bonds. The van der Waals surface area contributed by atoms with E-state index in [1.165, 1.54) is 0 Å². The van der Waals surface area contributed by atoms with Gasteiger partial charge in [0.2, 0.25) is 5.88 Å². The number of nitrogens with zero attached hydrogens (tertiary/aromatic N) is 2. The summed E-state index contributed by atoms with van der Waals surface area (Å²) in [5.74, 6) is 0.553. The molecular formula is C11H11N3O. The molecule has 15 heavy (non-hydrogen) atoms. The highest BCUT2D eigenvalue weighted by Crippen LogP contribution is 2.24. The molecule has 4 nitrogen and oxygen atoms in total. The molecule has 2 aromatic heterocycles. The van der Waals surface area contributed by atoms with E-state index in [0.717, 1.165) is 11.3 Å². The number of nitrogen functional groups attached to an aromatic ring is 1. The SMILES string of the molecule is COc1cc(-c2ncccc2N)ccn1. The number of methoxy groups -OCH3 is 1. The maximum atomic E-state index is 5.82. The lowest BCUT2D eigenvalue weighted by molar-refractivity contribution is 0.398. The van der Waals surface area contributed by atoms with Gasteiger partial charge in [0.25, 0.3) is 0 Å². The van der Waals surface area contributed by atoms with Crippen LogP contribution in [0.25, 0.3) is 11.3 Å². The van der Waals surface area contributed by atoms with E-state index < -0.39 is 0 Å². The number of hydrogen-bond donors (Lipinski definition) is 1. The van der Waals surface area contributed by atoms with E-state index >= 15 is 0 Å². The van der Waals surface area contributed by atoms with Crippen molar-refractivity contribution < 1.29 is 4.74 Å². The minimum atomic E-state index is 0.553. The Kier molecular flexibility index (Phi) is 2.49. The first-order valence-electron chi connectivity index (χ1n) is 4.52. The minimum Gasteiger partial charge on any atom is -0.481 e. The van der Waals surface area contributed by atoms with Crippen LogP contribution in [0.3, 0.4) is 0 Å². The maximum Gasteiger partial charge on any atom is 0.213 e. The molecule has 2 N–H and O–H groups in total. The van der Waals surface area contributed by atoms with Gasteiger partial charge >= 0.3 is 0 Å². The lowest BCUT2D eigenvalue weighted by atomic mass is 10.1. The van der Waals surface area contributed by atoms with Gasteiger partial charge in [0.1, 0.15) is 0 Å². The molecule has 0 atom stereocenters. The summed E-state index contributed by atoms with van der Waals surface area (Å²) in [6.45, 7) is 0. The predicted octanol–water partition coefficient (Wildman–Crippen LogP) is 1.73. The summed E-state index contributed by atoms with van der Waals surface area (Å²) >= 11 is 0. The number of rotatable bonds is 2. The third-order valence-corrected chi connectivity index (χ3v) is 2.06. The van der Waals surface area contributed by atoms with Crippen molar-refractivity contribution in [1.82, 2.24) is 9.97 Å². The summed E-state index contributed by atoms with van der Waals surface area (Å²) in [7, 11) is 1.58. The lowest BCUT2D eigenvalue weighted by Crippen LogP contribution is -1.93. The second-order valence-corrected chi connectivity index (χ2v) is 3.03. The standard InChI is InChI=1S/C11H11N3O/c1-15-10-7-8(4-6-13-10)11-9(12)3-2-5-14-11/h2-7H,12H2,1H3. The second-order valence-electron chi connectivity index (χ2n) is 3.03. The van der Waals surface area contributed by atoms with Crippen LogP contribution in [-0.2, 0) is 0 Å². The van der Waals surface area contributed by atoms with Crippen molar-refractivity contribution in [1.29, 1.82) is 0 Å². The Morgan fingerprint density at radius 1 is 1.20 bits per heavy atom. The second kappa shape index (κ2) is 3.96. The van der Waals surface area contributed by atoms with Gasteiger partial charge in [-0.25, -0.2) is 4.98 Å². The molecule has 0 aliphatic carbocycles. The molecule has 0 fully saturated rings. The Hall–Kier alpha value is -2.10. The van der Waals surface area contributed by atoms with Crippen LogP contribution >= 0.6 is 0 Å². The molecule has 0 bridgehead atoms. The molecule has 2 heterocycles. The fourth-order valence-corrected chi connectivity index (χ4v) is 1.33. The van der Waals surface area contributed by atoms with Crippen LogP contribution in [0.2, 0.25) is 0 Å². The molecule has 0 aliphatic rings. The van der Waals surface area contributed by atoms with Crippen LogP contribution in [0, 0.1) is 0 Å². The fourth-order valence-electron chi connectivity index (χ4n) is 1.33. The summed E-state index contributed by atoms with van der Waals surface area (Å²) in [4.78, 5) is 8.24. The van der Waals surface area contributed by atoms with E-state index in [9.17, 15) is 0 Å². The molecule has 0 saturated carbocycles. The van der Waals surface area contributed by atoms with E-state index in [1.54, 1.807) is 31.6 Å². The van der Waals surface area contributed by atoms with Gasteiger partial charge in [0.15, 0.2) is 0 Å². The van der Waals surface area contributed by atoms with Crippen molar-refractivity contribution in [2.45, 2.75) is 0 Å². The average Bonchev–Trinajstić information content (AvgIpc) is 2.30. The van der Waals surface area contributed by atoms with Crippen LogP contribution in [0.5, 0.6) is 5.88 Å². The maximum absolute atomic E-state index is 5.82. The quantitative estimate of drug-likeness (QED) is 0.803. The van der Waals surface area contributed by atoms with Crippen molar-refractivity contribution in [3.8, 4) is 17.1 Å². The Labute approximate surface area is 87.7 Å². The zero-order chi connectivity index (χ0) is 10.7. The summed E-state index contributed by atoms with van der Waals surface area (Å²) in [5.41, 5.74) is 8.12. The summed E-state index contributed by atoms with van der Waals surface area (Å²) < 4.78 is 5.04. The van der Waals surface area contributed by atoms with Gasteiger partial charge in [-0.1, -0.05) is 0 Å². The first kappa shape index (κ1) is 9.45. The van der Waals surface area contributed by atoms with E-state index in [0.29, 0.717) is 11.6 Å². The van der Waals surface area contributed by atoms with Crippen LogP contribution in [0.15, 0.2) is 36.7 Å². The third-order valence-electron chi connectivity index (χ3n) is 2.06. The summed E-state index contributed by atoms with van der Waals surface area (Å²) in [6, 6.07) is 7.27. The van der Waals surface area contributed by atoms with Crippen LogP contribution in [-0.4, -0.2) is 17.1 Å². The van der Waals surface area contributed by atoms with Crippen molar-refractivity contribution in [3.63, 3.8) is 0 Å². The zero-order valence-corrected chi connectivity index (χ0v) is 8.34. The van der Waals surface area contributed by atoms with Gasteiger partial charge in [-0.15, -0.1) is 0 Å². The normalized spacial score (nSPS) is 9.93. The van der Waals surface area contributed by atoms with Crippen LogP contribution < -0.4 is 10.5 Å². The molecule has 0 saturated heterocycles. The highest BCUT2D eigenvalue weighted by Gasteiger charge is 2.04. The first-order valence-corrected chi connectivity index (χ1v) is 4.52. The number of hydrogen-bond acceptors (Lipinski definition) is 4. The molecule has 0 unspecified atom stereocenters. The summed E-state index contributed by atoms with van der Waals surface area (Å²) in [5, 5.41) is 0. The summed E-state index contributed by atoms with van der Waals surface area (Å²) in [6.07, 6.45) is 3.38. The average molecular weight is 201 g/mol. The third kappa shape index (κ3) is 1.88. The highest BCUT2D eigenvalue weighted by atomic mass is 16.5. The number of ether oxygens (including phenoxy) is 1. The van der Waals surface area contributed by atoms with Gasteiger partial charge < -0.3 is 10.5 Å². The topological polar surface area (TPSA) is 61.0 Å². The molecule has 4 heteroatoms. The van der Waals surface area contributed by atoms with Gasteiger partial charge in [-0.05, 0) is 18.2 Å². The molecule has 2 aromatic rings. The van der Waals surface area contributed by atoms with Crippen molar-refractivity contribution in [2.24, 2.45) is 0 Å². The number of aromatic nitrogens is 2. The smallest absolute Gasteiger partial charge is 0.213 e. The van der Waals surface area contributed by atoms with Gasteiger partial charge in [-0.2, -0.15) is 0 Å². The molecule has 0 aromatic carbocycles. The van der Waals surface area contributed by atoms with Gasteiger partial charge in [-0.3, -0.25) is 4.98 Å². The number of anilines is 1. The van der Waals surface area contributed by atoms with E-state index in [4.69, 9.17) is 10.5 Å². The predicted molar refractivity (Wildman–Crippen MR) is 58.4 cm³/mol. The highest BCUT2D eigenvalue weighted by molar-refractivity contribution is 5.72. The largest absolute Gasteiger partial charge is 0.481 e. The fraction of sp³-hybridized carbons (Fsp3) is 0.0909. The van der Waals surface area contributed by atoms with E-state index in [1.807, 2.05) is 12.1 Å². The molecule has 0 aliphatic heterocycles. The van der Waals surface area contributed by atoms with Crippen LogP contribution in [0.4, 0.5) is 5.69 Å². The van der Waals surface area contributed by atoms with Crippen LogP contribution in [0.1, 0.15) is 0 Å². The van der Waals surface area contributed by atoms with Crippen molar-refractivity contribution >= 4 is 5.69 Å². The minimum absolute atomic E-state index is 0.553. The van der Waals surface area contributed by atoms with E-state index in [-0.39, 0.29) is 0 Å². The molecule has 76 valence electrons. The monoisotopic (exact) mass is 201 g/mol. The Morgan fingerprint density at radius 3 is 2.80 bits per heavy atom. The van der Waals surface area contributed by atoms with Crippen molar-refractivity contribution in [3.05, 3.63) is 36.7 Å². The number of pyridine rings is 2. The Bertz CT molecular complexity index is 471. The molecule has 0 radical (unpaired) electrons. The van der Waals surface area contributed by atoms with Crippen molar-refractivity contribution in [2.75, 3.05) is 12.8 Å². The molecule has 2 rings (SSSR count). The van der Waals surface area contributed by atoms with E-state index in [2.05, 4.69) is 9.97 Å². The molecular weight excluding hydrogens is 190 g/mol. The van der Waals surface area contributed by atoms with Gasteiger partial charge in [0, 0.05) is 24.0 Å². The zero-order valence-electron chi connectivity index (χ0n) is 8.34. The first-order chi connectivity index (χ1) is 7.31. The number of nitrogens with two attached hydrogens (primary N) is 1. The molecule has 0 spiro atoms.